The van der Waals surface area contributed by atoms with Crippen molar-refractivity contribution in [2.45, 2.75) is 0 Å². The van der Waals surface area contributed by atoms with Gasteiger partial charge in [-0.05, 0) is 273 Å². The molecular formula is C112H68N10O4. The standard InChI is InChI=1S/C112H68N10O4/c123-109-95-33-13-17-37-100(95)114-104-65-73(50-55-119(104)109)85-23-3-9-29-91(85)79-59-77(60-80(63-79)92-30-10-4-24-86(92)74-51-56-120-105(66-74)115-101-38-18-14-34-96(101)110(120)124)89-27-7-1-21-83(89)69-41-45-71(46-42-69)99-49-54-113-108(118-99)72-47-43-70(44-48-72)84-22-2-8-28-90(84)78-61-81(93-31-11-5-25-87(93)75-52-57-121-106(67-75)116-102-39-19-15-35-97(102)111(121)125)64-82(62-78)94-32-12-6-26-88(94)76-53-58-122-107(68-76)117-103-40-20-16-36-98(103)112(122)126/h1-68H. The molecule has 590 valence electrons. The summed E-state index contributed by atoms with van der Waals surface area (Å²) in [4.78, 5) is 85.5. The van der Waals surface area contributed by atoms with E-state index in [4.69, 9.17) is 29.9 Å². The van der Waals surface area contributed by atoms with E-state index in [2.05, 4.69) is 206 Å². The van der Waals surface area contributed by atoms with Crippen LogP contribution in [0.4, 0.5) is 0 Å². The normalized spacial score (nSPS) is 11.6. The van der Waals surface area contributed by atoms with Crippen molar-refractivity contribution >= 4 is 66.2 Å². The van der Waals surface area contributed by atoms with E-state index < -0.39 is 0 Å². The van der Waals surface area contributed by atoms with Crippen molar-refractivity contribution < 1.29 is 0 Å². The summed E-state index contributed by atoms with van der Waals surface area (Å²) in [6, 6.07) is 129. The third-order valence-electron chi connectivity index (χ3n) is 24.2. The van der Waals surface area contributed by atoms with Gasteiger partial charge in [-0.15, -0.1) is 0 Å². The zero-order valence-corrected chi connectivity index (χ0v) is 67.4. The Morgan fingerprint density at radius 2 is 0.389 bits per heavy atom. The van der Waals surface area contributed by atoms with Gasteiger partial charge in [-0.1, -0.05) is 243 Å². The molecule has 0 spiro atoms. The Kier molecular flexibility index (Phi) is 17.8. The van der Waals surface area contributed by atoms with Crippen LogP contribution in [-0.2, 0) is 0 Å². The van der Waals surface area contributed by atoms with E-state index in [0.717, 1.165) is 150 Å². The van der Waals surface area contributed by atoms with Gasteiger partial charge in [-0.25, -0.2) is 29.9 Å². The minimum atomic E-state index is -0.124. The summed E-state index contributed by atoms with van der Waals surface area (Å²) in [5.41, 5.74) is 30.3. The number of hydrogen-bond acceptors (Lipinski definition) is 10. The molecule has 9 aromatic heterocycles. The SMILES string of the molecule is O=c1c2ccccc2nc2cc(-c3ccccc3-c3cc(-c4ccccc4-c4ccc(-c5ccnc(-c6ccc(-c7ccccc7-c7cc(-c8ccccc8-c8ccn9c(=O)c%10ccccc%10nc9c8)cc(-c8ccccc8-c8ccn9c(=O)c%10ccccc%10nc9c8)c7)cc6)n5)cc4)cc(-c4ccccc4-c4ccn5c(=O)c6ccccc6nc5c4)c3)ccn12. The molecule has 0 aliphatic rings. The Labute approximate surface area is 719 Å². The van der Waals surface area contributed by atoms with Crippen LogP contribution >= 0.6 is 0 Å². The summed E-state index contributed by atoms with van der Waals surface area (Å²) in [7, 11) is 0. The average Bonchev–Trinajstić information content (AvgIpc) is 0.768. The third-order valence-corrected chi connectivity index (χ3v) is 24.2. The number of aromatic nitrogens is 10. The lowest BCUT2D eigenvalue weighted by molar-refractivity contribution is 1.08. The monoisotopic (exact) mass is 1620 g/mol. The number of rotatable bonds is 14. The van der Waals surface area contributed by atoms with Crippen molar-refractivity contribution in [3.63, 3.8) is 0 Å². The van der Waals surface area contributed by atoms with Gasteiger partial charge >= 0.3 is 0 Å². The summed E-state index contributed by atoms with van der Waals surface area (Å²) < 4.78 is 6.45. The van der Waals surface area contributed by atoms with Crippen molar-refractivity contribution in [1.29, 1.82) is 0 Å². The quantitative estimate of drug-likeness (QED) is 0.0958. The Balaban J connectivity index is 0.589. The predicted molar refractivity (Wildman–Crippen MR) is 508 cm³/mol. The van der Waals surface area contributed by atoms with Crippen LogP contribution < -0.4 is 22.2 Å². The van der Waals surface area contributed by atoms with E-state index in [9.17, 15) is 19.2 Å². The molecular weight excluding hydrogens is 1550 g/mol. The van der Waals surface area contributed by atoms with Crippen molar-refractivity contribution in [3.8, 4) is 156 Å². The Morgan fingerprint density at radius 3 is 0.651 bits per heavy atom. The maximum atomic E-state index is 13.9. The fourth-order valence-electron chi connectivity index (χ4n) is 18.1. The van der Waals surface area contributed by atoms with Crippen LogP contribution in [0.3, 0.4) is 0 Å². The van der Waals surface area contributed by atoms with Crippen molar-refractivity contribution in [1.82, 2.24) is 47.5 Å². The molecule has 14 aromatic carbocycles. The highest BCUT2D eigenvalue weighted by molar-refractivity contribution is 5.99. The summed E-state index contributed by atoms with van der Waals surface area (Å²) in [5.74, 6) is 0.586. The first kappa shape index (κ1) is 73.8. The van der Waals surface area contributed by atoms with Gasteiger partial charge < -0.3 is 0 Å². The minimum absolute atomic E-state index is 0.124. The van der Waals surface area contributed by atoms with Gasteiger partial charge in [-0.3, -0.25) is 36.8 Å². The number of fused-ring (bicyclic) bond motifs is 8. The first-order valence-corrected chi connectivity index (χ1v) is 41.7. The third kappa shape index (κ3) is 13.0. The second kappa shape index (κ2) is 30.4. The van der Waals surface area contributed by atoms with Gasteiger partial charge in [0.15, 0.2) is 5.82 Å². The van der Waals surface area contributed by atoms with Crippen LogP contribution in [0.2, 0.25) is 0 Å². The zero-order valence-electron chi connectivity index (χ0n) is 67.4. The highest BCUT2D eigenvalue weighted by Crippen LogP contribution is 2.46. The molecule has 9 heterocycles. The predicted octanol–water partition coefficient (Wildman–Crippen LogP) is 24.5. The van der Waals surface area contributed by atoms with Crippen LogP contribution in [0.5, 0.6) is 0 Å². The molecule has 0 saturated carbocycles. The lowest BCUT2D eigenvalue weighted by Crippen LogP contribution is -2.14. The molecule has 0 amide bonds. The zero-order chi connectivity index (χ0) is 84.0. The van der Waals surface area contributed by atoms with Gasteiger partial charge in [0.05, 0.1) is 49.3 Å². The molecule has 0 bridgehead atoms. The number of benzene rings is 14. The van der Waals surface area contributed by atoms with Crippen LogP contribution in [0.25, 0.3) is 222 Å². The first-order chi connectivity index (χ1) is 62.1. The molecule has 23 aromatic rings. The Bertz CT molecular complexity index is 7840. The van der Waals surface area contributed by atoms with Crippen LogP contribution in [0.1, 0.15) is 0 Å². The highest BCUT2D eigenvalue weighted by Gasteiger charge is 2.23. The van der Waals surface area contributed by atoms with Crippen molar-refractivity contribution in [2.24, 2.45) is 0 Å². The molecule has 0 saturated heterocycles. The Hall–Kier alpha value is -17.4. The lowest BCUT2D eigenvalue weighted by Gasteiger charge is -2.18. The molecule has 126 heavy (non-hydrogen) atoms. The second-order valence-electron chi connectivity index (χ2n) is 31.6. The second-order valence-corrected chi connectivity index (χ2v) is 31.6. The fourth-order valence-corrected chi connectivity index (χ4v) is 18.1. The van der Waals surface area contributed by atoms with Gasteiger partial charge in [0.1, 0.15) is 22.6 Å². The first-order valence-electron chi connectivity index (χ1n) is 41.7. The number of para-hydroxylation sites is 4. The number of hydrogen-bond donors (Lipinski definition) is 0. The summed E-state index contributed by atoms with van der Waals surface area (Å²) in [6.07, 6.45) is 9.11. The van der Waals surface area contributed by atoms with E-state index in [0.29, 0.717) is 72.0 Å². The molecule has 0 unspecified atom stereocenters. The summed E-state index contributed by atoms with van der Waals surface area (Å²) in [6.45, 7) is 0. The van der Waals surface area contributed by atoms with Gasteiger partial charge in [0, 0.05) is 42.1 Å². The van der Waals surface area contributed by atoms with E-state index in [1.54, 1.807) is 17.6 Å². The lowest BCUT2D eigenvalue weighted by atomic mass is 9.86. The largest absolute Gasteiger partial charge is 0.268 e. The molecule has 0 N–H and O–H groups in total. The average molecular weight is 1620 g/mol. The molecule has 0 radical (unpaired) electrons. The van der Waals surface area contributed by atoms with Crippen molar-refractivity contribution in [3.05, 3.63) is 455 Å². The molecule has 0 atom stereocenters. The highest BCUT2D eigenvalue weighted by atomic mass is 16.1. The van der Waals surface area contributed by atoms with Gasteiger partial charge in [0.25, 0.3) is 22.2 Å². The molecule has 0 aliphatic heterocycles. The molecule has 23 rings (SSSR count). The number of nitrogens with zero attached hydrogens (tertiary/aromatic N) is 10. The fraction of sp³-hybridized carbons (Fsp3) is 0. The van der Waals surface area contributed by atoms with Crippen LogP contribution in [0, 0.1) is 0 Å². The van der Waals surface area contributed by atoms with Gasteiger partial charge in [-0.2, -0.15) is 0 Å². The van der Waals surface area contributed by atoms with Crippen LogP contribution in [-0.4, -0.2) is 47.5 Å². The maximum Gasteiger partial charge on any atom is 0.265 e. The van der Waals surface area contributed by atoms with E-state index >= 15 is 0 Å². The van der Waals surface area contributed by atoms with E-state index in [1.807, 2.05) is 207 Å². The Morgan fingerprint density at radius 1 is 0.175 bits per heavy atom. The molecule has 14 heteroatoms. The van der Waals surface area contributed by atoms with E-state index in [-0.39, 0.29) is 22.2 Å². The molecule has 0 aliphatic carbocycles. The number of pyridine rings is 4. The molecule has 14 nitrogen and oxygen atoms in total. The topological polar surface area (TPSA) is 163 Å². The van der Waals surface area contributed by atoms with Crippen molar-refractivity contribution in [2.75, 3.05) is 0 Å². The van der Waals surface area contributed by atoms with E-state index in [1.165, 1.54) is 0 Å². The molecule has 0 fully saturated rings. The van der Waals surface area contributed by atoms with Gasteiger partial charge in [0.2, 0.25) is 0 Å². The summed E-state index contributed by atoms with van der Waals surface area (Å²) in [5, 5.41) is 2.24. The summed E-state index contributed by atoms with van der Waals surface area (Å²) >= 11 is 0. The maximum absolute atomic E-state index is 13.9. The smallest absolute Gasteiger partial charge is 0.265 e. The minimum Gasteiger partial charge on any atom is -0.268 e. The van der Waals surface area contributed by atoms with Crippen LogP contribution in [0.15, 0.2) is 432 Å².